The highest BCUT2D eigenvalue weighted by molar-refractivity contribution is 14.1. The van der Waals surface area contributed by atoms with Crippen molar-refractivity contribution in [3.63, 3.8) is 0 Å². The molecule has 0 amide bonds. The average molecular weight is 375 g/mol. The molecule has 1 saturated carbocycles. The van der Waals surface area contributed by atoms with Crippen LogP contribution in [0.3, 0.4) is 0 Å². The van der Waals surface area contributed by atoms with Gasteiger partial charge >= 0.3 is 0 Å². The van der Waals surface area contributed by atoms with Gasteiger partial charge in [0.05, 0.1) is 11.7 Å². The van der Waals surface area contributed by atoms with Gasteiger partial charge in [-0.1, -0.05) is 55.7 Å². The van der Waals surface area contributed by atoms with E-state index in [0.29, 0.717) is 18.0 Å². The van der Waals surface area contributed by atoms with Gasteiger partial charge in [0.1, 0.15) is 0 Å². The summed E-state index contributed by atoms with van der Waals surface area (Å²) in [5.74, 6) is 0.678. The maximum atomic E-state index is 4.75. The number of halogens is 1. The minimum absolute atomic E-state index is 0.584. The minimum Gasteiger partial charge on any atom is -0.307 e. The Balaban J connectivity index is 1.86. The molecule has 0 bridgehead atoms. The molecule has 1 aromatic heterocycles. The zero-order valence-electron chi connectivity index (χ0n) is 12.1. The van der Waals surface area contributed by atoms with Gasteiger partial charge in [0.2, 0.25) is 0 Å². The van der Waals surface area contributed by atoms with E-state index in [2.05, 4.69) is 58.7 Å². The predicted molar refractivity (Wildman–Crippen MR) is 88.7 cm³/mol. The molecule has 1 atom stereocenters. The van der Waals surface area contributed by atoms with E-state index in [-0.39, 0.29) is 0 Å². The van der Waals surface area contributed by atoms with E-state index in [4.69, 9.17) is 5.10 Å². The van der Waals surface area contributed by atoms with E-state index in [1.807, 2.05) is 0 Å². The molecule has 0 aliphatic heterocycles. The largest absolute Gasteiger partial charge is 0.307 e. The van der Waals surface area contributed by atoms with Gasteiger partial charge in [-0.2, -0.15) is 5.10 Å². The number of hydrogen-bond donors (Lipinski definition) is 1. The normalized spacial score (nSPS) is 18.9. The first-order valence-corrected chi connectivity index (χ1v) is 9.06. The minimum atomic E-state index is 0.584. The molecule has 1 aliphatic rings. The van der Waals surface area contributed by atoms with E-state index in [9.17, 15) is 0 Å². The number of rotatable bonds is 6. The molecular formula is C15H26IN3. The number of nitrogens with zero attached hydrogens (tertiary/aromatic N) is 2. The Labute approximate surface area is 130 Å². The van der Waals surface area contributed by atoms with Crippen LogP contribution in [0.15, 0.2) is 12.3 Å². The van der Waals surface area contributed by atoms with Crippen molar-refractivity contribution in [1.29, 1.82) is 0 Å². The van der Waals surface area contributed by atoms with Gasteiger partial charge in [0, 0.05) is 23.2 Å². The molecule has 2 rings (SSSR count). The molecule has 1 aliphatic carbocycles. The average Bonchev–Trinajstić information content (AvgIpc) is 2.89. The van der Waals surface area contributed by atoms with Crippen LogP contribution >= 0.6 is 22.6 Å². The highest BCUT2D eigenvalue weighted by Gasteiger charge is 2.16. The van der Waals surface area contributed by atoms with Gasteiger partial charge < -0.3 is 5.32 Å². The molecule has 0 saturated heterocycles. The maximum Gasteiger partial charge on any atom is 0.0762 e. The van der Waals surface area contributed by atoms with Crippen LogP contribution in [0.5, 0.6) is 0 Å². The third-order valence-electron chi connectivity index (χ3n) is 4.13. The van der Waals surface area contributed by atoms with Crippen molar-refractivity contribution in [3.8, 4) is 0 Å². The topological polar surface area (TPSA) is 29.9 Å². The summed E-state index contributed by atoms with van der Waals surface area (Å²) < 4.78 is 3.35. The predicted octanol–water partition coefficient (Wildman–Crippen LogP) is 3.94. The molecule has 19 heavy (non-hydrogen) atoms. The van der Waals surface area contributed by atoms with E-state index in [1.54, 1.807) is 0 Å². The zero-order valence-corrected chi connectivity index (χ0v) is 14.3. The molecule has 4 heteroatoms. The fourth-order valence-corrected chi connectivity index (χ4v) is 4.05. The Kier molecular flexibility index (Phi) is 6.13. The Hall–Kier alpha value is -0.100. The van der Waals surface area contributed by atoms with Gasteiger partial charge in [0.15, 0.2) is 0 Å². The second-order valence-electron chi connectivity index (χ2n) is 5.96. The summed E-state index contributed by atoms with van der Waals surface area (Å²) in [5.41, 5.74) is 1.18. The van der Waals surface area contributed by atoms with Crippen molar-refractivity contribution in [2.75, 3.05) is 4.43 Å². The van der Waals surface area contributed by atoms with Crippen molar-refractivity contribution in [3.05, 3.63) is 18.0 Å². The van der Waals surface area contributed by atoms with E-state index < -0.39 is 0 Å². The van der Waals surface area contributed by atoms with Gasteiger partial charge in [-0.05, 0) is 24.8 Å². The van der Waals surface area contributed by atoms with E-state index >= 15 is 0 Å². The lowest BCUT2D eigenvalue weighted by molar-refractivity contribution is 0.327. The summed E-state index contributed by atoms with van der Waals surface area (Å²) >= 11 is 2.46. The summed E-state index contributed by atoms with van der Waals surface area (Å²) in [6.45, 7) is 5.44. The molecule has 108 valence electrons. The summed E-state index contributed by atoms with van der Waals surface area (Å²) in [6, 6.07) is 3.40. The van der Waals surface area contributed by atoms with Crippen LogP contribution in [0.4, 0.5) is 0 Å². The van der Waals surface area contributed by atoms with Crippen LogP contribution < -0.4 is 5.32 Å². The molecule has 0 radical (unpaired) electrons. The Morgan fingerprint density at radius 3 is 2.74 bits per heavy atom. The zero-order chi connectivity index (χ0) is 13.7. The second-order valence-corrected chi connectivity index (χ2v) is 6.85. The van der Waals surface area contributed by atoms with E-state index in [1.165, 1.54) is 37.8 Å². The molecule has 1 heterocycles. The molecule has 1 unspecified atom stereocenters. The van der Waals surface area contributed by atoms with Gasteiger partial charge in [-0.25, -0.2) is 0 Å². The smallest absolute Gasteiger partial charge is 0.0762 e. The third kappa shape index (κ3) is 4.45. The lowest BCUT2D eigenvalue weighted by Gasteiger charge is -2.22. The van der Waals surface area contributed by atoms with E-state index in [0.717, 1.165) is 11.0 Å². The molecule has 0 spiro atoms. The molecule has 3 nitrogen and oxygen atoms in total. The summed E-state index contributed by atoms with van der Waals surface area (Å²) in [5, 5.41) is 8.37. The lowest BCUT2D eigenvalue weighted by atomic mass is 9.96. The molecule has 1 aromatic rings. The van der Waals surface area contributed by atoms with Crippen molar-refractivity contribution < 1.29 is 0 Å². The highest BCUT2D eigenvalue weighted by atomic mass is 127. The van der Waals surface area contributed by atoms with Crippen LogP contribution in [-0.2, 0) is 6.54 Å². The Morgan fingerprint density at radius 1 is 1.37 bits per heavy atom. The SMILES string of the molecule is CC(C)C(CI)NCc1ccn(C2CCCCC2)n1. The maximum absolute atomic E-state index is 4.75. The summed E-state index contributed by atoms with van der Waals surface area (Å²) in [7, 11) is 0. The van der Waals surface area contributed by atoms with Crippen LogP contribution in [-0.4, -0.2) is 20.2 Å². The summed E-state index contributed by atoms with van der Waals surface area (Å²) in [4.78, 5) is 0. The number of nitrogens with one attached hydrogen (secondary N) is 1. The first-order chi connectivity index (χ1) is 9.20. The fraction of sp³-hybridized carbons (Fsp3) is 0.800. The molecule has 0 aromatic carbocycles. The lowest BCUT2D eigenvalue weighted by Crippen LogP contribution is -2.34. The van der Waals surface area contributed by atoms with Gasteiger partial charge in [0.25, 0.3) is 0 Å². The Morgan fingerprint density at radius 2 is 2.11 bits per heavy atom. The number of hydrogen-bond acceptors (Lipinski definition) is 2. The molecule has 1 N–H and O–H groups in total. The van der Waals surface area contributed by atoms with Gasteiger partial charge in [-0.3, -0.25) is 4.68 Å². The van der Waals surface area contributed by atoms with Crippen molar-refractivity contribution in [2.24, 2.45) is 5.92 Å². The summed E-state index contributed by atoms with van der Waals surface area (Å²) in [6.07, 6.45) is 8.90. The highest BCUT2D eigenvalue weighted by Crippen LogP contribution is 2.27. The van der Waals surface area contributed by atoms with Crippen molar-refractivity contribution >= 4 is 22.6 Å². The van der Waals surface area contributed by atoms with Gasteiger partial charge in [-0.15, -0.1) is 0 Å². The van der Waals surface area contributed by atoms with Crippen LogP contribution in [0, 0.1) is 5.92 Å². The van der Waals surface area contributed by atoms with Crippen molar-refractivity contribution in [2.45, 2.75) is 64.6 Å². The quantitative estimate of drug-likeness (QED) is 0.603. The second kappa shape index (κ2) is 7.62. The van der Waals surface area contributed by atoms with Crippen LogP contribution in [0.25, 0.3) is 0 Å². The van der Waals surface area contributed by atoms with Crippen LogP contribution in [0.2, 0.25) is 0 Å². The standard InChI is InChI=1S/C15H26IN3/c1-12(2)15(10-16)17-11-13-8-9-19(18-13)14-6-4-3-5-7-14/h8-9,12,14-15,17H,3-7,10-11H2,1-2H3. The molecule has 1 fully saturated rings. The first-order valence-electron chi connectivity index (χ1n) is 7.54. The Bertz CT molecular complexity index is 369. The third-order valence-corrected chi connectivity index (χ3v) is 5.08. The molecular weight excluding hydrogens is 349 g/mol. The monoisotopic (exact) mass is 375 g/mol. The van der Waals surface area contributed by atoms with Crippen molar-refractivity contribution in [1.82, 2.24) is 15.1 Å². The first kappa shape index (κ1) is 15.3. The number of aromatic nitrogens is 2. The van der Waals surface area contributed by atoms with Crippen LogP contribution in [0.1, 0.15) is 57.7 Å². The fourth-order valence-electron chi connectivity index (χ4n) is 2.72. The number of alkyl halides is 1.